The van der Waals surface area contributed by atoms with Gasteiger partial charge in [-0.05, 0) is 24.1 Å². The van der Waals surface area contributed by atoms with Crippen LogP contribution in [0.4, 0.5) is 5.69 Å². The van der Waals surface area contributed by atoms with Crippen molar-refractivity contribution in [1.82, 2.24) is 0 Å². The standard InChI is InChI=1S/C14H23NO3/c1-10(2)13(9-17-3)15-12-5-6-14(18-4)11(7-12)8-16/h5-7,10,13,15-16H,8-9H2,1-4H3. The van der Waals surface area contributed by atoms with Gasteiger partial charge in [0.15, 0.2) is 0 Å². The number of aliphatic hydroxyl groups excluding tert-OH is 1. The summed E-state index contributed by atoms with van der Waals surface area (Å²) in [7, 11) is 3.30. The van der Waals surface area contributed by atoms with Crippen LogP contribution < -0.4 is 10.1 Å². The largest absolute Gasteiger partial charge is 0.496 e. The van der Waals surface area contributed by atoms with E-state index in [1.807, 2.05) is 18.2 Å². The van der Waals surface area contributed by atoms with E-state index in [1.54, 1.807) is 14.2 Å². The molecule has 0 radical (unpaired) electrons. The molecule has 1 rings (SSSR count). The third kappa shape index (κ3) is 3.89. The third-order valence-electron chi connectivity index (χ3n) is 2.95. The lowest BCUT2D eigenvalue weighted by Crippen LogP contribution is -2.30. The molecule has 0 spiro atoms. The second kappa shape index (κ2) is 7.24. The minimum atomic E-state index is -0.0324. The van der Waals surface area contributed by atoms with E-state index in [0.29, 0.717) is 18.3 Å². The lowest BCUT2D eigenvalue weighted by atomic mass is 10.0. The minimum Gasteiger partial charge on any atom is -0.496 e. The van der Waals surface area contributed by atoms with Crippen LogP contribution in [0.2, 0.25) is 0 Å². The molecule has 0 aliphatic heterocycles. The fraction of sp³-hybridized carbons (Fsp3) is 0.571. The molecule has 0 saturated carbocycles. The minimum absolute atomic E-state index is 0.0324. The molecule has 1 aromatic carbocycles. The summed E-state index contributed by atoms with van der Waals surface area (Å²) in [5.74, 6) is 1.17. The van der Waals surface area contributed by atoms with E-state index >= 15 is 0 Å². The number of rotatable bonds is 7. The number of ether oxygens (including phenoxy) is 2. The van der Waals surface area contributed by atoms with Gasteiger partial charge in [-0.3, -0.25) is 0 Å². The van der Waals surface area contributed by atoms with Gasteiger partial charge < -0.3 is 19.9 Å². The first-order chi connectivity index (χ1) is 8.62. The Labute approximate surface area is 109 Å². The predicted molar refractivity (Wildman–Crippen MR) is 73.0 cm³/mol. The van der Waals surface area contributed by atoms with E-state index in [4.69, 9.17) is 9.47 Å². The Morgan fingerprint density at radius 2 is 2.00 bits per heavy atom. The molecule has 0 saturated heterocycles. The van der Waals surface area contributed by atoms with Crippen LogP contribution in [0.25, 0.3) is 0 Å². The number of nitrogens with one attached hydrogen (secondary N) is 1. The summed E-state index contributed by atoms with van der Waals surface area (Å²) in [6.45, 7) is 4.91. The molecular formula is C14H23NO3. The van der Waals surface area contributed by atoms with E-state index < -0.39 is 0 Å². The average molecular weight is 253 g/mol. The highest BCUT2D eigenvalue weighted by atomic mass is 16.5. The maximum Gasteiger partial charge on any atom is 0.124 e. The molecule has 1 unspecified atom stereocenters. The first kappa shape index (κ1) is 14.8. The van der Waals surface area contributed by atoms with Crippen molar-refractivity contribution < 1.29 is 14.6 Å². The average Bonchev–Trinajstić information content (AvgIpc) is 2.37. The molecule has 102 valence electrons. The van der Waals surface area contributed by atoms with Crippen LogP contribution in [0, 0.1) is 5.92 Å². The summed E-state index contributed by atoms with van der Waals surface area (Å²) in [5.41, 5.74) is 1.75. The van der Waals surface area contributed by atoms with Gasteiger partial charge in [0.1, 0.15) is 5.75 Å². The van der Waals surface area contributed by atoms with Crippen molar-refractivity contribution >= 4 is 5.69 Å². The van der Waals surface area contributed by atoms with E-state index in [1.165, 1.54) is 0 Å². The molecule has 0 bridgehead atoms. The van der Waals surface area contributed by atoms with Gasteiger partial charge in [-0.1, -0.05) is 13.8 Å². The SMILES string of the molecule is COCC(Nc1ccc(OC)c(CO)c1)C(C)C. The second-order valence-electron chi connectivity index (χ2n) is 4.63. The molecule has 0 heterocycles. The molecule has 1 aromatic rings. The number of hydrogen-bond donors (Lipinski definition) is 2. The maximum absolute atomic E-state index is 9.29. The number of aliphatic hydroxyl groups is 1. The number of methoxy groups -OCH3 is 2. The Kier molecular flexibility index (Phi) is 5.95. The Morgan fingerprint density at radius 3 is 2.50 bits per heavy atom. The highest BCUT2D eigenvalue weighted by molar-refractivity contribution is 5.51. The third-order valence-corrected chi connectivity index (χ3v) is 2.95. The summed E-state index contributed by atoms with van der Waals surface area (Å²) >= 11 is 0. The lowest BCUT2D eigenvalue weighted by molar-refractivity contribution is 0.171. The van der Waals surface area contributed by atoms with Crippen LogP contribution in [0.3, 0.4) is 0 Å². The zero-order valence-corrected chi connectivity index (χ0v) is 11.6. The Hall–Kier alpha value is -1.26. The van der Waals surface area contributed by atoms with Crippen molar-refractivity contribution in [3.05, 3.63) is 23.8 Å². The van der Waals surface area contributed by atoms with Gasteiger partial charge >= 0.3 is 0 Å². The van der Waals surface area contributed by atoms with E-state index in [-0.39, 0.29) is 12.6 Å². The summed E-state index contributed by atoms with van der Waals surface area (Å²) in [5, 5.41) is 12.7. The Balaban J connectivity index is 2.83. The van der Waals surface area contributed by atoms with Gasteiger partial charge in [-0.25, -0.2) is 0 Å². The fourth-order valence-corrected chi connectivity index (χ4v) is 1.79. The monoisotopic (exact) mass is 253 g/mol. The van der Waals surface area contributed by atoms with Crippen molar-refractivity contribution in [2.24, 2.45) is 5.92 Å². The molecule has 0 aliphatic rings. The van der Waals surface area contributed by atoms with E-state index in [0.717, 1.165) is 11.3 Å². The summed E-state index contributed by atoms with van der Waals surface area (Å²) in [6, 6.07) is 5.96. The lowest BCUT2D eigenvalue weighted by Gasteiger charge is -2.23. The van der Waals surface area contributed by atoms with Gasteiger partial charge in [-0.15, -0.1) is 0 Å². The first-order valence-electron chi connectivity index (χ1n) is 6.15. The van der Waals surface area contributed by atoms with E-state index in [9.17, 15) is 5.11 Å². The van der Waals surface area contributed by atoms with Gasteiger partial charge in [-0.2, -0.15) is 0 Å². The van der Waals surface area contributed by atoms with Gasteiger partial charge in [0.25, 0.3) is 0 Å². The molecule has 2 N–H and O–H groups in total. The summed E-state index contributed by atoms with van der Waals surface area (Å²) in [6.07, 6.45) is 0. The second-order valence-corrected chi connectivity index (χ2v) is 4.63. The smallest absolute Gasteiger partial charge is 0.124 e. The molecular weight excluding hydrogens is 230 g/mol. The molecule has 4 nitrogen and oxygen atoms in total. The normalized spacial score (nSPS) is 12.6. The van der Waals surface area contributed by atoms with Crippen LogP contribution in [0.5, 0.6) is 5.75 Å². The highest BCUT2D eigenvalue weighted by Crippen LogP contribution is 2.23. The van der Waals surface area contributed by atoms with Crippen LogP contribution in [-0.4, -0.2) is 32.0 Å². The maximum atomic E-state index is 9.29. The van der Waals surface area contributed by atoms with Crippen molar-refractivity contribution in [1.29, 1.82) is 0 Å². The predicted octanol–water partition coefficient (Wildman–Crippen LogP) is 2.27. The molecule has 0 aromatic heterocycles. The molecule has 18 heavy (non-hydrogen) atoms. The number of hydrogen-bond acceptors (Lipinski definition) is 4. The van der Waals surface area contributed by atoms with Crippen LogP contribution in [0.1, 0.15) is 19.4 Å². The molecule has 0 fully saturated rings. The van der Waals surface area contributed by atoms with Crippen molar-refractivity contribution in [2.45, 2.75) is 26.5 Å². The van der Waals surface area contributed by atoms with Gasteiger partial charge in [0, 0.05) is 18.4 Å². The quantitative estimate of drug-likeness (QED) is 0.782. The zero-order valence-electron chi connectivity index (χ0n) is 11.6. The fourth-order valence-electron chi connectivity index (χ4n) is 1.79. The Morgan fingerprint density at radius 1 is 1.28 bits per heavy atom. The van der Waals surface area contributed by atoms with E-state index in [2.05, 4.69) is 19.2 Å². The summed E-state index contributed by atoms with van der Waals surface area (Å²) in [4.78, 5) is 0. The molecule has 4 heteroatoms. The zero-order chi connectivity index (χ0) is 13.5. The van der Waals surface area contributed by atoms with Gasteiger partial charge in [0.2, 0.25) is 0 Å². The first-order valence-corrected chi connectivity index (χ1v) is 6.15. The van der Waals surface area contributed by atoms with Crippen molar-refractivity contribution in [2.75, 3.05) is 26.1 Å². The van der Waals surface area contributed by atoms with Crippen LogP contribution >= 0.6 is 0 Å². The van der Waals surface area contributed by atoms with Crippen molar-refractivity contribution in [3.8, 4) is 5.75 Å². The topological polar surface area (TPSA) is 50.7 Å². The van der Waals surface area contributed by atoms with Crippen LogP contribution in [-0.2, 0) is 11.3 Å². The van der Waals surface area contributed by atoms with Gasteiger partial charge in [0.05, 0.1) is 26.4 Å². The number of anilines is 1. The molecule has 1 atom stereocenters. The van der Waals surface area contributed by atoms with Crippen molar-refractivity contribution in [3.63, 3.8) is 0 Å². The summed E-state index contributed by atoms with van der Waals surface area (Å²) < 4.78 is 10.4. The molecule has 0 amide bonds. The highest BCUT2D eigenvalue weighted by Gasteiger charge is 2.13. The Bertz CT molecular complexity index is 366. The van der Waals surface area contributed by atoms with Crippen LogP contribution in [0.15, 0.2) is 18.2 Å². The molecule has 0 aliphatic carbocycles. The number of benzene rings is 1.